The quantitative estimate of drug-likeness (QED) is 0.493. The number of rotatable bonds is 5. The van der Waals surface area contributed by atoms with Crippen molar-refractivity contribution in [1.82, 2.24) is 9.97 Å². The summed E-state index contributed by atoms with van der Waals surface area (Å²) in [7, 11) is 0. The molecule has 0 radical (unpaired) electrons. The van der Waals surface area contributed by atoms with E-state index in [4.69, 9.17) is 14.4 Å². The number of nitrogens with one attached hydrogen (secondary N) is 1. The van der Waals surface area contributed by atoms with Gasteiger partial charge in [0.2, 0.25) is 0 Å². The van der Waals surface area contributed by atoms with E-state index >= 15 is 0 Å². The van der Waals surface area contributed by atoms with Gasteiger partial charge >= 0.3 is 0 Å². The maximum Gasteiger partial charge on any atom is 0.196 e. The summed E-state index contributed by atoms with van der Waals surface area (Å²) in [6, 6.07) is 18.6. The number of anilines is 1. The van der Waals surface area contributed by atoms with E-state index in [0.717, 1.165) is 72.9 Å². The summed E-state index contributed by atoms with van der Waals surface area (Å²) in [5.41, 5.74) is 3.90. The molecule has 1 fully saturated rings. The lowest BCUT2D eigenvalue weighted by Crippen LogP contribution is -3.14. The molecular weight excluding hydrogens is 408 g/mol. The predicted octanol–water partition coefficient (Wildman–Crippen LogP) is 0.361. The van der Waals surface area contributed by atoms with Gasteiger partial charge in [0, 0.05) is 11.8 Å². The highest BCUT2D eigenvalue weighted by Gasteiger charge is 2.25. The molecule has 0 amide bonds. The van der Waals surface area contributed by atoms with Gasteiger partial charge in [-0.3, -0.25) is 0 Å². The van der Waals surface area contributed by atoms with Gasteiger partial charge in [0.15, 0.2) is 11.4 Å². The van der Waals surface area contributed by atoms with Crippen molar-refractivity contribution < 1.29 is 21.7 Å². The smallest absolute Gasteiger partial charge is 0.196 e. The molecule has 31 heavy (non-hydrogen) atoms. The van der Waals surface area contributed by atoms with E-state index in [1.165, 1.54) is 5.56 Å². The molecule has 160 valence electrons. The molecule has 0 atom stereocenters. The van der Waals surface area contributed by atoms with E-state index in [1.807, 2.05) is 18.2 Å². The first-order valence-electron chi connectivity index (χ1n) is 10.8. The van der Waals surface area contributed by atoms with Crippen LogP contribution in [0.25, 0.3) is 28.1 Å². The molecule has 2 aromatic carbocycles. The van der Waals surface area contributed by atoms with Gasteiger partial charge in [-0.2, -0.15) is 0 Å². The van der Waals surface area contributed by atoms with Crippen molar-refractivity contribution in [3.63, 3.8) is 0 Å². The molecule has 5 nitrogen and oxygen atoms in total. The average molecular weight is 435 g/mol. The summed E-state index contributed by atoms with van der Waals surface area (Å²) in [6.07, 6.45) is 5.32. The van der Waals surface area contributed by atoms with Gasteiger partial charge in [-0.05, 0) is 23.8 Å². The summed E-state index contributed by atoms with van der Waals surface area (Å²) >= 11 is 0. The molecule has 3 heterocycles. The standard InChI is InChI=1S/C25H26N4O.ClH/c1-2-22-26-23-20-12-6-7-13-21(20)30-24(23)25(27-22)29-17-15-28(16-18-29)14-8-11-19-9-4-3-5-10-19;/h3-13H,2,14-18H2,1H3;1H. The average Bonchev–Trinajstić information content (AvgIpc) is 3.18. The number of piperazine rings is 1. The topological polar surface area (TPSA) is 46.6 Å². The van der Waals surface area contributed by atoms with Crippen LogP contribution in [0.1, 0.15) is 18.3 Å². The van der Waals surface area contributed by atoms with Gasteiger partial charge in [-0.15, -0.1) is 0 Å². The Morgan fingerprint density at radius 1 is 1.00 bits per heavy atom. The zero-order chi connectivity index (χ0) is 20.3. The Morgan fingerprint density at radius 2 is 1.74 bits per heavy atom. The highest BCUT2D eigenvalue weighted by atomic mass is 35.5. The number of hydrogen-bond acceptors (Lipinski definition) is 4. The first-order chi connectivity index (χ1) is 14.8. The minimum absolute atomic E-state index is 0. The molecule has 5 rings (SSSR count). The third-order valence-corrected chi connectivity index (χ3v) is 5.85. The lowest BCUT2D eigenvalue weighted by molar-refractivity contribution is -0.894. The summed E-state index contributed by atoms with van der Waals surface area (Å²) in [5, 5.41) is 1.07. The number of hydrogen-bond donors (Lipinski definition) is 1. The summed E-state index contributed by atoms with van der Waals surface area (Å²) < 4.78 is 6.19. The second-order valence-electron chi connectivity index (χ2n) is 7.85. The van der Waals surface area contributed by atoms with Crippen LogP contribution in [0.2, 0.25) is 0 Å². The normalized spacial score (nSPS) is 15.1. The van der Waals surface area contributed by atoms with Crippen molar-refractivity contribution in [3.05, 3.63) is 72.1 Å². The Balaban J connectivity index is 0.00000231. The minimum Gasteiger partial charge on any atom is -1.00 e. The number of halogens is 1. The zero-order valence-electron chi connectivity index (χ0n) is 17.7. The van der Waals surface area contributed by atoms with Gasteiger partial charge in [-0.1, -0.05) is 55.5 Å². The number of benzene rings is 2. The fraction of sp³-hybridized carbons (Fsp3) is 0.280. The number of para-hydroxylation sites is 1. The Kier molecular flexibility index (Phi) is 6.54. The Morgan fingerprint density at radius 3 is 2.52 bits per heavy atom. The Bertz CT molecular complexity index is 1180. The van der Waals surface area contributed by atoms with Crippen molar-refractivity contribution in [1.29, 1.82) is 0 Å². The van der Waals surface area contributed by atoms with Crippen LogP contribution in [0.4, 0.5) is 5.82 Å². The van der Waals surface area contributed by atoms with Crippen LogP contribution < -0.4 is 22.2 Å². The van der Waals surface area contributed by atoms with Gasteiger partial charge in [0.25, 0.3) is 0 Å². The Labute approximate surface area is 188 Å². The van der Waals surface area contributed by atoms with E-state index in [9.17, 15) is 0 Å². The molecule has 1 aliphatic heterocycles. The summed E-state index contributed by atoms with van der Waals surface area (Å²) in [5.74, 6) is 1.83. The minimum atomic E-state index is 0. The maximum atomic E-state index is 6.19. The molecule has 1 aliphatic rings. The molecule has 6 heteroatoms. The first-order valence-corrected chi connectivity index (χ1v) is 10.8. The van der Waals surface area contributed by atoms with Crippen molar-refractivity contribution in [2.24, 2.45) is 0 Å². The van der Waals surface area contributed by atoms with Crippen molar-refractivity contribution in [2.75, 3.05) is 37.6 Å². The van der Waals surface area contributed by atoms with E-state index in [2.05, 4.69) is 60.4 Å². The predicted molar refractivity (Wildman–Crippen MR) is 122 cm³/mol. The first kappa shape index (κ1) is 21.3. The molecule has 0 saturated carbocycles. The molecule has 0 spiro atoms. The monoisotopic (exact) mass is 434 g/mol. The third-order valence-electron chi connectivity index (χ3n) is 5.85. The molecule has 1 N–H and O–H groups in total. The number of aryl methyl sites for hydroxylation is 1. The third kappa shape index (κ3) is 4.43. The lowest BCUT2D eigenvalue weighted by atomic mass is 10.2. The summed E-state index contributed by atoms with van der Waals surface area (Å²) in [4.78, 5) is 13.6. The second-order valence-corrected chi connectivity index (χ2v) is 7.85. The van der Waals surface area contributed by atoms with Crippen LogP contribution in [0.15, 0.2) is 65.1 Å². The molecule has 2 aromatic heterocycles. The fourth-order valence-corrected chi connectivity index (χ4v) is 4.16. The SMILES string of the molecule is CCc1nc(N2CC[NH+](CC=Cc3ccccc3)CC2)c2oc3ccccc3c2n1.[Cl-]. The van der Waals surface area contributed by atoms with E-state index in [0.29, 0.717) is 0 Å². The van der Waals surface area contributed by atoms with Crippen LogP contribution >= 0.6 is 0 Å². The maximum absolute atomic E-state index is 6.19. The van der Waals surface area contributed by atoms with Crippen molar-refractivity contribution in [2.45, 2.75) is 13.3 Å². The van der Waals surface area contributed by atoms with Gasteiger partial charge < -0.3 is 26.6 Å². The van der Waals surface area contributed by atoms with Crippen molar-refractivity contribution in [3.8, 4) is 0 Å². The Hall–Kier alpha value is -2.89. The molecule has 0 bridgehead atoms. The fourth-order valence-electron chi connectivity index (χ4n) is 4.16. The van der Waals surface area contributed by atoms with Gasteiger partial charge in [0.1, 0.15) is 16.9 Å². The molecule has 0 aliphatic carbocycles. The lowest BCUT2D eigenvalue weighted by Gasteiger charge is -2.32. The number of furan rings is 1. The number of nitrogens with zero attached hydrogens (tertiary/aromatic N) is 3. The largest absolute Gasteiger partial charge is 1.00 e. The van der Waals surface area contributed by atoms with E-state index in [1.54, 1.807) is 4.90 Å². The van der Waals surface area contributed by atoms with Crippen LogP contribution in [0.5, 0.6) is 0 Å². The van der Waals surface area contributed by atoms with E-state index in [-0.39, 0.29) is 12.4 Å². The number of aromatic nitrogens is 2. The van der Waals surface area contributed by atoms with Gasteiger partial charge in [0.05, 0.1) is 32.7 Å². The van der Waals surface area contributed by atoms with Crippen molar-refractivity contribution >= 4 is 34.0 Å². The molecule has 4 aromatic rings. The number of fused-ring (bicyclic) bond motifs is 3. The molecule has 0 unspecified atom stereocenters. The summed E-state index contributed by atoms with van der Waals surface area (Å²) in [6.45, 7) is 7.28. The molecular formula is C25H27ClN4O. The zero-order valence-corrected chi connectivity index (χ0v) is 18.5. The number of quaternary nitrogens is 1. The van der Waals surface area contributed by atoms with Crippen LogP contribution in [0, 0.1) is 0 Å². The second kappa shape index (κ2) is 9.50. The van der Waals surface area contributed by atoms with Crippen LogP contribution in [0.3, 0.4) is 0 Å². The molecule has 1 saturated heterocycles. The van der Waals surface area contributed by atoms with Gasteiger partial charge in [-0.25, -0.2) is 9.97 Å². The van der Waals surface area contributed by atoms with Crippen LogP contribution in [-0.4, -0.2) is 42.7 Å². The highest BCUT2D eigenvalue weighted by Crippen LogP contribution is 2.32. The van der Waals surface area contributed by atoms with Crippen LogP contribution in [-0.2, 0) is 6.42 Å². The highest BCUT2D eigenvalue weighted by molar-refractivity contribution is 6.05. The van der Waals surface area contributed by atoms with E-state index < -0.39 is 0 Å².